The maximum atomic E-state index is 12.5. The highest BCUT2D eigenvalue weighted by Crippen LogP contribution is 2.29. The van der Waals surface area contributed by atoms with E-state index in [4.69, 9.17) is 9.40 Å². The van der Waals surface area contributed by atoms with Crippen LogP contribution in [0.2, 0.25) is 0 Å². The highest BCUT2D eigenvalue weighted by molar-refractivity contribution is 5.91. The molecule has 6 nitrogen and oxygen atoms in total. The molecule has 3 aromatic rings. The summed E-state index contributed by atoms with van der Waals surface area (Å²) in [5.74, 6) is 2.44. The van der Waals surface area contributed by atoms with E-state index >= 15 is 0 Å². The predicted octanol–water partition coefficient (Wildman–Crippen LogP) is 3.30. The van der Waals surface area contributed by atoms with Gasteiger partial charge >= 0.3 is 0 Å². The van der Waals surface area contributed by atoms with Crippen molar-refractivity contribution in [1.82, 2.24) is 14.3 Å². The van der Waals surface area contributed by atoms with Crippen molar-refractivity contribution in [3.05, 3.63) is 53.9 Å². The minimum absolute atomic E-state index is 0.0173. The molecule has 1 N–H and O–H groups in total. The lowest BCUT2D eigenvalue weighted by molar-refractivity contribution is 0.0678. The Bertz CT molecular complexity index is 903. The number of fused-ring (bicyclic) bond motifs is 1. The number of likely N-dealkylation sites (tertiary alicyclic amines) is 1. The highest BCUT2D eigenvalue weighted by atomic mass is 16.3. The van der Waals surface area contributed by atoms with Gasteiger partial charge in [-0.1, -0.05) is 0 Å². The SMILES string of the molecule is CNc1nc(C2CCN(C(=O)c3ccc(C)o3)CC2)cn2cccc12. The van der Waals surface area contributed by atoms with Gasteiger partial charge in [0.15, 0.2) is 5.76 Å². The third-order valence-electron chi connectivity index (χ3n) is 4.92. The zero-order chi connectivity index (χ0) is 17.4. The quantitative estimate of drug-likeness (QED) is 0.796. The molecule has 25 heavy (non-hydrogen) atoms. The largest absolute Gasteiger partial charge is 0.456 e. The smallest absolute Gasteiger partial charge is 0.289 e. The van der Waals surface area contributed by atoms with Crippen molar-refractivity contribution < 1.29 is 9.21 Å². The van der Waals surface area contributed by atoms with Crippen LogP contribution < -0.4 is 5.32 Å². The summed E-state index contributed by atoms with van der Waals surface area (Å²) in [6.45, 7) is 3.30. The molecule has 0 atom stereocenters. The molecule has 1 saturated heterocycles. The monoisotopic (exact) mass is 338 g/mol. The van der Waals surface area contributed by atoms with Gasteiger partial charge in [-0.3, -0.25) is 4.79 Å². The molecule has 0 unspecified atom stereocenters. The number of anilines is 1. The third kappa shape index (κ3) is 2.88. The Morgan fingerprint density at radius 2 is 2.08 bits per heavy atom. The number of nitrogens with zero attached hydrogens (tertiary/aromatic N) is 3. The number of hydrogen-bond donors (Lipinski definition) is 1. The summed E-state index contributed by atoms with van der Waals surface area (Å²) in [4.78, 5) is 19.2. The van der Waals surface area contributed by atoms with Gasteiger partial charge < -0.3 is 19.0 Å². The van der Waals surface area contributed by atoms with E-state index in [2.05, 4.69) is 22.0 Å². The molecule has 4 heterocycles. The number of furan rings is 1. The fourth-order valence-electron chi connectivity index (χ4n) is 3.53. The number of carbonyl (C=O) groups excluding carboxylic acids is 1. The van der Waals surface area contributed by atoms with Crippen LogP contribution in [0.15, 0.2) is 41.1 Å². The van der Waals surface area contributed by atoms with Crippen molar-refractivity contribution in [2.24, 2.45) is 0 Å². The summed E-state index contributed by atoms with van der Waals surface area (Å²) in [5, 5.41) is 3.18. The van der Waals surface area contributed by atoms with Gasteiger partial charge in [0.2, 0.25) is 0 Å². The van der Waals surface area contributed by atoms with Gasteiger partial charge in [-0.05, 0) is 44.0 Å². The molecular weight excluding hydrogens is 316 g/mol. The first-order valence-corrected chi connectivity index (χ1v) is 8.67. The third-order valence-corrected chi connectivity index (χ3v) is 4.92. The second kappa shape index (κ2) is 6.27. The van der Waals surface area contributed by atoms with E-state index in [0.717, 1.165) is 48.7 Å². The van der Waals surface area contributed by atoms with Crippen LogP contribution in [0.3, 0.4) is 0 Å². The van der Waals surface area contributed by atoms with Crippen molar-refractivity contribution in [1.29, 1.82) is 0 Å². The average molecular weight is 338 g/mol. The van der Waals surface area contributed by atoms with Crippen molar-refractivity contribution in [3.63, 3.8) is 0 Å². The molecule has 1 aliphatic heterocycles. The summed E-state index contributed by atoms with van der Waals surface area (Å²) in [6.07, 6.45) is 5.97. The van der Waals surface area contributed by atoms with E-state index in [9.17, 15) is 4.79 Å². The standard InChI is InChI=1S/C19H22N4O2/c1-13-5-6-17(25-13)19(24)22-10-7-14(8-11-22)15-12-23-9-3-4-16(23)18(20-2)21-15/h3-6,9,12,14H,7-8,10-11H2,1-2H3,(H,20,21). The van der Waals surface area contributed by atoms with Gasteiger partial charge in [0.1, 0.15) is 11.6 Å². The van der Waals surface area contributed by atoms with Gasteiger partial charge in [0.05, 0.1) is 11.2 Å². The van der Waals surface area contributed by atoms with Crippen LogP contribution in [0.4, 0.5) is 5.82 Å². The van der Waals surface area contributed by atoms with E-state index < -0.39 is 0 Å². The van der Waals surface area contributed by atoms with Gasteiger partial charge in [0, 0.05) is 38.4 Å². The lowest BCUT2D eigenvalue weighted by atomic mass is 9.93. The first-order valence-electron chi connectivity index (χ1n) is 8.67. The zero-order valence-corrected chi connectivity index (χ0v) is 14.5. The lowest BCUT2D eigenvalue weighted by Crippen LogP contribution is -2.38. The minimum atomic E-state index is -0.0173. The topological polar surface area (TPSA) is 62.8 Å². The molecule has 0 radical (unpaired) electrons. The molecular formula is C19H22N4O2. The fourth-order valence-corrected chi connectivity index (χ4v) is 3.53. The molecule has 0 bridgehead atoms. The number of amides is 1. The number of carbonyl (C=O) groups is 1. The van der Waals surface area contributed by atoms with E-state index in [1.165, 1.54) is 0 Å². The molecule has 3 aromatic heterocycles. The molecule has 0 aromatic carbocycles. The predicted molar refractivity (Wildman–Crippen MR) is 96.1 cm³/mol. The minimum Gasteiger partial charge on any atom is -0.456 e. The summed E-state index contributed by atoms with van der Waals surface area (Å²) in [7, 11) is 1.89. The summed E-state index contributed by atoms with van der Waals surface area (Å²) < 4.78 is 7.57. The van der Waals surface area contributed by atoms with Crippen molar-refractivity contribution >= 4 is 17.2 Å². The van der Waals surface area contributed by atoms with E-state index in [1.807, 2.05) is 37.2 Å². The van der Waals surface area contributed by atoms with Crippen LogP contribution in [0.25, 0.3) is 5.52 Å². The Morgan fingerprint density at radius 1 is 1.28 bits per heavy atom. The zero-order valence-electron chi connectivity index (χ0n) is 14.5. The highest BCUT2D eigenvalue weighted by Gasteiger charge is 2.27. The van der Waals surface area contributed by atoms with Gasteiger partial charge in [-0.25, -0.2) is 4.98 Å². The number of piperidine rings is 1. The molecule has 0 saturated carbocycles. The number of hydrogen-bond acceptors (Lipinski definition) is 4. The molecule has 1 fully saturated rings. The molecule has 4 rings (SSSR count). The molecule has 6 heteroatoms. The van der Waals surface area contributed by atoms with Crippen LogP contribution in [0.1, 0.15) is 40.8 Å². The molecule has 1 aliphatic rings. The van der Waals surface area contributed by atoms with Crippen LogP contribution in [-0.4, -0.2) is 40.3 Å². The number of aromatic nitrogens is 2. The van der Waals surface area contributed by atoms with Crippen LogP contribution in [0, 0.1) is 6.92 Å². The van der Waals surface area contributed by atoms with Gasteiger partial charge in [-0.2, -0.15) is 0 Å². The summed E-state index contributed by atoms with van der Waals surface area (Å²) >= 11 is 0. The van der Waals surface area contributed by atoms with Crippen LogP contribution in [-0.2, 0) is 0 Å². The van der Waals surface area contributed by atoms with E-state index in [0.29, 0.717) is 11.7 Å². The maximum absolute atomic E-state index is 12.5. The number of nitrogens with one attached hydrogen (secondary N) is 1. The van der Waals surface area contributed by atoms with E-state index in [1.54, 1.807) is 6.07 Å². The average Bonchev–Trinajstić information content (AvgIpc) is 3.29. The first-order chi connectivity index (χ1) is 12.2. The molecule has 0 spiro atoms. The Morgan fingerprint density at radius 3 is 2.76 bits per heavy atom. The van der Waals surface area contributed by atoms with E-state index in [-0.39, 0.29) is 5.91 Å². The van der Waals surface area contributed by atoms with Gasteiger partial charge in [0.25, 0.3) is 5.91 Å². The lowest BCUT2D eigenvalue weighted by Gasteiger charge is -2.31. The second-order valence-corrected chi connectivity index (χ2v) is 6.54. The Labute approximate surface area is 146 Å². The van der Waals surface area contributed by atoms with Crippen LogP contribution >= 0.6 is 0 Å². The second-order valence-electron chi connectivity index (χ2n) is 6.54. The normalized spacial score (nSPS) is 15.7. The molecule has 130 valence electrons. The summed E-state index contributed by atoms with van der Waals surface area (Å²) in [5.41, 5.74) is 2.15. The first kappa shape index (κ1) is 15.7. The Balaban J connectivity index is 1.49. The molecule has 0 aliphatic carbocycles. The van der Waals surface area contributed by atoms with Crippen LogP contribution in [0.5, 0.6) is 0 Å². The number of rotatable bonds is 3. The van der Waals surface area contributed by atoms with Crippen molar-refractivity contribution in [2.75, 3.05) is 25.5 Å². The van der Waals surface area contributed by atoms with Gasteiger partial charge in [-0.15, -0.1) is 0 Å². The summed E-state index contributed by atoms with van der Waals surface area (Å²) in [6, 6.07) is 7.66. The van der Waals surface area contributed by atoms with Crippen molar-refractivity contribution in [3.8, 4) is 0 Å². The fraction of sp³-hybridized carbons (Fsp3) is 0.368. The van der Waals surface area contributed by atoms with Crippen molar-refractivity contribution in [2.45, 2.75) is 25.7 Å². The number of aryl methyl sites for hydroxylation is 1. The Kier molecular flexibility index (Phi) is 3.95. The molecule has 1 amide bonds. The maximum Gasteiger partial charge on any atom is 0.289 e. The Hall–Kier alpha value is -2.76.